The fourth-order valence-electron chi connectivity index (χ4n) is 1.34. The van der Waals surface area contributed by atoms with Gasteiger partial charge in [0.15, 0.2) is 12.4 Å². The van der Waals surface area contributed by atoms with Crippen LogP contribution in [0.15, 0.2) is 29.4 Å². The van der Waals surface area contributed by atoms with Gasteiger partial charge in [-0.25, -0.2) is 0 Å². The van der Waals surface area contributed by atoms with Crippen molar-refractivity contribution in [3.63, 3.8) is 0 Å². The second kappa shape index (κ2) is 8.25. The van der Waals surface area contributed by atoms with Crippen LogP contribution in [0.5, 0.6) is 5.75 Å². The van der Waals surface area contributed by atoms with Crippen molar-refractivity contribution in [2.24, 2.45) is 10.9 Å². The maximum atomic E-state index is 11.5. The van der Waals surface area contributed by atoms with Gasteiger partial charge in [-0.2, -0.15) is 11.8 Å². The van der Waals surface area contributed by atoms with Crippen LogP contribution in [0, 0.1) is 0 Å². The zero-order valence-corrected chi connectivity index (χ0v) is 11.4. The molecular formula is C12H17N3O3S. The van der Waals surface area contributed by atoms with Crippen molar-refractivity contribution in [2.75, 3.05) is 25.2 Å². The normalized spacial score (nSPS) is 11.1. The summed E-state index contributed by atoms with van der Waals surface area (Å²) in [5, 5.41) is 14.3. The van der Waals surface area contributed by atoms with Crippen LogP contribution in [-0.2, 0) is 4.79 Å². The minimum atomic E-state index is -0.205. The van der Waals surface area contributed by atoms with E-state index in [9.17, 15) is 4.79 Å². The van der Waals surface area contributed by atoms with Gasteiger partial charge in [-0.1, -0.05) is 17.3 Å². The molecule has 104 valence electrons. The molecule has 0 atom stereocenters. The molecule has 0 fully saturated rings. The molecule has 1 aromatic rings. The minimum absolute atomic E-state index is 0.0570. The number of nitrogens with zero attached hydrogens (tertiary/aromatic N) is 1. The van der Waals surface area contributed by atoms with Crippen LogP contribution in [0.4, 0.5) is 0 Å². The molecular weight excluding hydrogens is 266 g/mol. The highest BCUT2D eigenvalue weighted by Gasteiger charge is 2.09. The van der Waals surface area contributed by atoms with E-state index < -0.39 is 0 Å². The first-order valence-corrected chi connectivity index (χ1v) is 7.03. The average Bonchev–Trinajstić information content (AvgIpc) is 2.45. The summed E-state index contributed by atoms with van der Waals surface area (Å²) in [6, 6.07) is 6.78. The summed E-state index contributed by atoms with van der Waals surface area (Å²) < 4.78 is 5.36. The number of nitrogens with two attached hydrogens (primary N) is 1. The lowest BCUT2D eigenvalue weighted by Crippen LogP contribution is -2.31. The molecule has 0 aliphatic heterocycles. The number of benzene rings is 1. The summed E-state index contributed by atoms with van der Waals surface area (Å²) in [6.07, 6.45) is 1.97. The Morgan fingerprint density at radius 2 is 2.26 bits per heavy atom. The molecule has 7 heteroatoms. The largest absolute Gasteiger partial charge is 0.483 e. The number of carbonyl (C=O) groups excluding carboxylic acids is 1. The van der Waals surface area contributed by atoms with Crippen LogP contribution in [0.2, 0.25) is 0 Å². The molecule has 0 aliphatic carbocycles. The number of hydrogen-bond acceptors (Lipinski definition) is 5. The molecule has 1 aromatic carbocycles. The lowest BCUT2D eigenvalue weighted by atomic mass is 10.2. The topological polar surface area (TPSA) is 96.9 Å². The van der Waals surface area contributed by atoms with E-state index >= 15 is 0 Å². The van der Waals surface area contributed by atoms with Gasteiger partial charge in [0.1, 0.15) is 5.75 Å². The number of amides is 1. The van der Waals surface area contributed by atoms with E-state index in [4.69, 9.17) is 15.7 Å². The zero-order chi connectivity index (χ0) is 14.1. The smallest absolute Gasteiger partial charge is 0.257 e. The number of oxime groups is 1. The number of para-hydroxylation sites is 1. The van der Waals surface area contributed by atoms with Gasteiger partial charge in [0.05, 0.1) is 5.56 Å². The fraction of sp³-hybridized carbons (Fsp3) is 0.333. The first-order valence-electron chi connectivity index (χ1n) is 5.64. The highest BCUT2D eigenvalue weighted by molar-refractivity contribution is 7.98. The highest BCUT2D eigenvalue weighted by Crippen LogP contribution is 2.17. The Bertz CT molecular complexity index is 452. The predicted octanol–water partition coefficient (Wildman–Crippen LogP) is 0.639. The van der Waals surface area contributed by atoms with Crippen molar-refractivity contribution >= 4 is 23.5 Å². The van der Waals surface area contributed by atoms with Crippen LogP contribution in [-0.4, -0.2) is 42.1 Å². The third-order valence-corrected chi connectivity index (χ3v) is 2.87. The van der Waals surface area contributed by atoms with Crippen molar-refractivity contribution in [1.29, 1.82) is 0 Å². The number of hydrogen-bond donors (Lipinski definition) is 3. The van der Waals surface area contributed by atoms with Gasteiger partial charge < -0.3 is 21.0 Å². The van der Waals surface area contributed by atoms with Crippen molar-refractivity contribution < 1.29 is 14.7 Å². The molecule has 0 spiro atoms. The quantitative estimate of drug-likeness (QED) is 0.224. The summed E-state index contributed by atoms with van der Waals surface area (Å²) in [4.78, 5) is 11.5. The average molecular weight is 283 g/mol. The Hall–Kier alpha value is -1.89. The summed E-state index contributed by atoms with van der Waals surface area (Å²) in [5.74, 6) is 0.992. The zero-order valence-electron chi connectivity index (χ0n) is 10.6. The van der Waals surface area contributed by atoms with E-state index in [0.29, 0.717) is 17.9 Å². The molecule has 0 unspecified atom stereocenters. The predicted molar refractivity (Wildman–Crippen MR) is 75.8 cm³/mol. The molecule has 0 aromatic heterocycles. The highest BCUT2D eigenvalue weighted by atomic mass is 32.2. The Morgan fingerprint density at radius 1 is 1.53 bits per heavy atom. The van der Waals surface area contributed by atoms with Gasteiger partial charge in [-0.3, -0.25) is 4.79 Å². The monoisotopic (exact) mass is 283 g/mol. The maximum absolute atomic E-state index is 11.5. The van der Waals surface area contributed by atoms with E-state index in [2.05, 4.69) is 10.5 Å². The van der Waals surface area contributed by atoms with Crippen LogP contribution < -0.4 is 15.8 Å². The third-order valence-electron chi connectivity index (χ3n) is 2.26. The van der Waals surface area contributed by atoms with E-state index in [1.54, 1.807) is 36.0 Å². The number of rotatable bonds is 7. The van der Waals surface area contributed by atoms with Crippen LogP contribution in [0.3, 0.4) is 0 Å². The summed E-state index contributed by atoms with van der Waals surface area (Å²) in [6.45, 7) is 0.495. The number of thioether (sulfide) groups is 1. The molecule has 4 N–H and O–H groups in total. The summed E-state index contributed by atoms with van der Waals surface area (Å²) >= 11 is 1.65. The number of carbonyl (C=O) groups is 1. The van der Waals surface area contributed by atoms with Crippen molar-refractivity contribution in [3.8, 4) is 5.75 Å². The molecule has 19 heavy (non-hydrogen) atoms. The second-order valence-electron chi connectivity index (χ2n) is 3.61. The number of ether oxygens (including phenoxy) is 1. The Balaban J connectivity index is 2.56. The van der Waals surface area contributed by atoms with Crippen molar-refractivity contribution in [2.45, 2.75) is 0 Å². The standard InChI is InChI=1S/C12H17N3O3S/c1-19-7-6-14-11(16)8-18-10-5-3-2-4-9(10)12(13)15-17/h2-5,17H,6-8H2,1H3,(H2,13,15)(H,14,16). The van der Waals surface area contributed by atoms with Crippen LogP contribution in [0.25, 0.3) is 0 Å². The molecule has 0 heterocycles. The number of nitrogens with one attached hydrogen (secondary N) is 1. The van der Waals surface area contributed by atoms with Gasteiger partial charge in [0.2, 0.25) is 0 Å². The van der Waals surface area contributed by atoms with E-state index in [-0.39, 0.29) is 18.3 Å². The lowest BCUT2D eigenvalue weighted by molar-refractivity contribution is -0.122. The van der Waals surface area contributed by atoms with E-state index in [1.165, 1.54) is 0 Å². The second-order valence-corrected chi connectivity index (χ2v) is 4.60. The lowest BCUT2D eigenvalue weighted by Gasteiger charge is -2.10. The van der Waals surface area contributed by atoms with Crippen molar-refractivity contribution in [3.05, 3.63) is 29.8 Å². The van der Waals surface area contributed by atoms with Gasteiger partial charge in [0, 0.05) is 12.3 Å². The molecule has 0 radical (unpaired) electrons. The summed E-state index contributed by atoms with van der Waals surface area (Å²) in [5.41, 5.74) is 5.96. The molecule has 0 bridgehead atoms. The molecule has 6 nitrogen and oxygen atoms in total. The molecule has 1 amide bonds. The maximum Gasteiger partial charge on any atom is 0.257 e. The third kappa shape index (κ3) is 5.09. The van der Waals surface area contributed by atoms with Gasteiger partial charge in [-0.05, 0) is 18.4 Å². The number of amidine groups is 1. The first kappa shape index (κ1) is 15.2. The molecule has 1 rings (SSSR count). The van der Waals surface area contributed by atoms with E-state index in [0.717, 1.165) is 5.75 Å². The first-order chi connectivity index (χ1) is 9.19. The van der Waals surface area contributed by atoms with Crippen LogP contribution >= 0.6 is 11.8 Å². The molecule has 0 saturated heterocycles. The summed E-state index contributed by atoms with van der Waals surface area (Å²) in [7, 11) is 0. The fourth-order valence-corrected chi connectivity index (χ4v) is 1.65. The Morgan fingerprint density at radius 3 is 2.95 bits per heavy atom. The Labute approximate surface area is 116 Å². The van der Waals surface area contributed by atoms with Crippen molar-refractivity contribution in [1.82, 2.24) is 5.32 Å². The van der Waals surface area contributed by atoms with Gasteiger partial charge >= 0.3 is 0 Å². The molecule has 0 saturated carbocycles. The van der Waals surface area contributed by atoms with Crippen LogP contribution in [0.1, 0.15) is 5.56 Å². The van der Waals surface area contributed by atoms with E-state index in [1.807, 2.05) is 6.26 Å². The van der Waals surface area contributed by atoms with Gasteiger partial charge in [-0.15, -0.1) is 0 Å². The molecule has 0 aliphatic rings. The van der Waals surface area contributed by atoms with Gasteiger partial charge in [0.25, 0.3) is 5.91 Å². The Kier molecular flexibility index (Phi) is 6.59. The SMILES string of the molecule is CSCCNC(=O)COc1ccccc1C(N)=NO. The minimum Gasteiger partial charge on any atom is -0.483 e.